The van der Waals surface area contributed by atoms with Crippen molar-refractivity contribution in [1.29, 1.82) is 0 Å². The van der Waals surface area contributed by atoms with E-state index in [4.69, 9.17) is 4.42 Å². The van der Waals surface area contributed by atoms with E-state index in [2.05, 4.69) is 22.0 Å². The largest absolute Gasteiger partial charge is 0.461 e. The van der Waals surface area contributed by atoms with Crippen molar-refractivity contribution in [2.45, 2.75) is 26.3 Å². The number of rotatable bonds is 3. The summed E-state index contributed by atoms with van der Waals surface area (Å²) in [7, 11) is 0. The molecule has 0 saturated carbocycles. The van der Waals surface area contributed by atoms with Crippen LogP contribution < -0.4 is 5.56 Å². The van der Waals surface area contributed by atoms with Gasteiger partial charge in [0.25, 0.3) is 5.56 Å². The number of benzene rings is 1. The molecule has 7 heteroatoms. The highest BCUT2D eigenvalue weighted by atomic mass is 35.5. The second kappa shape index (κ2) is 8.57. The van der Waals surface area contributed by atoms with Crippen LogP contribution in [-0.2, 0) is 19.4 Å². The predicted molar refractivity (Wildman–Crippen MR) is 120 cm³/mol. The van der Waals surface area contributed by atoms with Crippen LogP contribution in [0.4, 0.5) is 0 Å². The first-order valence-corrected chi connectivity index (χ1v) is 9.39. The lowest BCUT2D eigenvalue weighted by Crippen LogP contribution is -2.33. The topological polar surface area (TPSA) is 50.8 Å². The van der Waals surface area contributed by atoms with E-state index in [9.17, 15) is 4.79 Å². The Labute approximate surface area is 181 Å². The van der Waals surface area contributed by atoms with Gasteiger partial charge in [0.1, 0.15) is 17.0 Å². The fourth-order valence-corrected chi connectivity index (χ4v) is 4.07. The van der Waals surface area contributed by atoms with E-state index in [-0.39, 0.29) is 30.4 Å². The molecule has 0 aliphatic carbocycles. The molecule has 1 aliphatic rings. The van der Waals surface area contributed by atoms with Crippen molar-refractivity contribution in [2.24, 2.45) is 0 Å². The zero-order valence-corrected chi connectivity index (χ0v) is 17.8. The van der Waals surface area contributed by atoms with Crippen LogP contribution in [0.3, 0.4) is 0 Å². The van der Waals surface area contributed by atoms with E-state index < -0.39 is 0 Å². The van der Waals surface area contributed by atoms with Crippen molar-refractivity contribution in [3.63, 3.8) is 0 Å². The minimum atomic E-state index is 0. The molecule has 3 aromatic heterocycles. The van der Waals surface area contributed by atoms with Gasteiger partial charge in [-0.05, 0) is 31.5 Å². The lowest BCUT2D eigenvalue weighted by Gasteiger charge is -2.26. The number of hydrogen-bond donors (Lipinski definition) is 0. The second-order valence-corrected chi connectivity index (χ2v) is 7.19. The molecule has 0 bridgehead atoms. The Morgan fingerprint density at radius 1 is 1.10 bits per heavy atom. The SMILES string of the molecule is Cc1nc2ccccn2c(=O)c1CCN1CCc2oc3ccccc3c2C1.Cl.Cl. The number of fused-ring (bicyclic) bond motifs is 4. The highest BCUT2D eigenvalue weighted by Gasteiger charge is 2.22. The maximum Gasteiger partial charge on any atom is 0.261 e. The van der Waals surface area contributed by atoms with Gasteiger partial charge in [-0.15, -0.1) is 24.8 Å². The monoisotopic (exact) mass is 431 g/mol. The Morgan fingerprint density at radius 2 is 1.90 bits per heavy atom. The van der Waals surface area contributed by atoms with Gasteiger partial charge in [-0.1, -0.05) is 24.3 Å². The summed E-state index contributed by atoms with van der Waals surface area (Å²) in [6.07, 6.45) is 3.41. The van der Waals surface area contributed by atoms with Crippen LogP contribution in [0.25, 0.3) is 16.6 Å². The standard InChI is InChI=1S/C22H21N3O2.2ClH/c1-15-16(22(26)25-11-5-4-8-21(25)23-15)9-12-24-13-10-20-18(14-24)17-6-2-3-7-19(17)27-20;;/h2-8,11H,9-10,12-14H2,1H3;2*1H. The van der Waals surface area contributed by atoms with Gasteiger partial charge < -0.3 is 4.42 Å². The van der Waals surface area contributed by atoms with Crippen LogP contribution in [0.5, 0.6) is 0 Å². The lowest BCUT2D eigenvalue weighted by atomic mass is 10.0. The molecular weight excluding hydrogens is 409 g/mol. The zero-order chi connectivity index (χ0) is 18.4. The smallest absolute Gasteiger partial charge is 0.261 e. The first-order valence-electron chi connectivity index (χ1n) is 9.39. The third kappa shape index (κ3) is 3.78. The predicted octanol–water partition coefficient (Wildman–Crippen LogP) is 4.19. The minimum absolute atomic E-state index is 0. The number of halogens is 2. The average molecular weight is 432 g/mol. The molecule has 0 radical (unpaired) electrons. The summed E-state index contributed by atoms with van der Waals surface area (Å²) in [5.41, 5.74) is 4.65. The van der Waals surface area contributed by atoms with Crippen LogP contribution in [0, 0.1) is 6.92 Å². The fraction of sp³-hybridized carbons (Fsp3) is 0.273. The number of furan rings is 1. The maximum atomic E-state index is 12.8. The van der Waals surface area contributed by atoms with Crippen LogP contribution in [0.2, 0.25) is 0 Å². The molecule has 1 aliphatic heterocycles. The van der Waals surface area contributed by atoms with Gasteiger partial charge >= 0.3 is 0 Å². The first kappa shape index (κ1) is 21.4. The van der Waals surface area contributed by atoms with Crippen molar-refractivity contribution in [1.82, 2.24) is 14.3 Å². The van der Waals surface area contributed by atoms with Crippen molar-refractivity contribution in [3.8, 4) is 0 Å². The first-order chi connectivity index (χ1) is 13.2. The summed E-state index contributed by atoms with van der Waals surface area (Å²) in [5, 5.41) is 1.21. The quantitative estimate of drug-likeness (QED) is 0.487. The molecule has 0 fully saturated rings. The third-order valence-corrected chi connectivity index (χ3v) is 5.53. The number of pyridine rings is 1. The molecule has 5 nitrogen and oxygen atoms in total. The van der Waals surface area contributed by atoms with Gasteiger partial charge in [0.15, 0.2) is 0 Å². The van der Waals surface area contributed by atoms with E-state index >= 15 is 0 Å². The van der Waals surface area contributed by atoms with Gasteiger partial charge in [-0.25, -0.2) is 4.98 Å². The number of aromatic nitrogens is 2. The number of aryl methyl sites for hydroxylation is 1. The van der Waals surface area contributed by atoms with Crippen molar-refractivity contribution in [3.05, 3.63) is 81.6 Å². The molecule has 0 N–H and O–H groups in total. The Kier molecular flexibility index (Phi) is 6.32. The third-order valence-electron chi connectivity index (χ3n) is 5.53. The summed E-state index contributed by atoms with van der Waals surface area (Å²) in [4.78, 5) is 19.8. The summed E-state index contributed by atoms with van der Waals surface area (Å²) in [6, 6.07) is 13.9. The van der Waals surface area contributed by atoms with Gasteiger partial charge in [0, 0.05) is 54.5 Å². The van der Waals surface area contributed by atoms with Gasteiger partial charge in [-0.3, -0.25) is 14.1 Å². The average Bonchev–Trinajstić information content (AvgIpc) is 3.06. The van der Waals surface area contributed by atoms with Crippen LogP contribution in [0.1, 0.15) is 22.6 Å². The molecule has 0 spiro atoms. The van der Waals surface area contributed by atoms with Gasteiger partial charge in [0.2, 0.25) is 0 Å². The summed E-state index contributed by atoms with van der Waals surface area (Å²) >= 11 is 0. The van der Waals surface area contributed by atoms with Crippen molar-refractivity contribution in [2.75, 3.05) is 13.1 Å². The summed E-state index contributed by atoms with van der Waals surface area (Å²) < 4.78 is 7.64. The molecule has 0 atom stereocenters. The number of hydrogen-bond acceptors (Lipinski definition) is 4. The zero-order valence-electron chi connectivity index (χ0n) is 16.1. The van der Waals surface area contributed by atoms with E-state index in [0.29, 0.717) is 12.1 Å². The lowest BCUT2D eigenvalue weighted by molar-refractivity contribution is 0.246. The molecule has 152 valence electrons. The Bertz CT molecular complexity index is 1220. The van der Waals surface area contributed by atoms with Crippen molar-refractivity contribution >= 4 is 41.4 Å². The van der Waals surface area contributed by atoms with E-state index in [0.717, 1.165) is 48.7 Å². The fourth-order valence-electron chi connectivity index (χ4n) is 4.07. The Morgan fingerprint density at radius 3 is 2.76 bits per heavy atom. The van der Waals surface area contributed by atoms with Crippen molar-refractivity contribution < 1.29 is 4.42 Å². The molecule has 29 heavy (non-hydrogen) atoms. The van der Waals surface area contributed by atoms with Crippen LogP contribution in [0.15, 0.2) is 57.9 Å². The Balaban J connectivity index is 0.00000120. The number of para-hydroxylation sites is 1. The Hall–Kier alpha value is -2.34. The molecule has 0 amide bonds. The van der Waals surface area contributed by atoms with Crippen LogP contribution >= 0.6 is 24.8 Å². The van der Waals surface area contributed by atoms with E-state index in [1.54, 1.807) is 10.6 Å². The minimum Gasteiger partial charge on any atom is -0.461 e. The molecule has 5 rings (SSSR count). The molecular formula is C22H23Cl2N3O2. The molecule has 0 unspecified atom stereocenters. The van der Waals surface area contributed by atoms with E-state index in [1.807, 2.05) is 37.3 Å². The molecule has 4 heterocycles. The highest BCUT2D eigenvalue weighted by Crippen LogP contribution is 2.30. The van der Waals surface area contributed by atoms with Gasteiger partial charge in [-0.2, -0.15) is 0 Å². The molecule has 0 saturated heterocycles. The molecule has 1 aromatic carbocycles. The maximum absolute atomic E-state index is 12.8. The normalized spacial score (nSPS) is 13.7. The summed E-state index contributed by atoms with van der Waals surface area (Å²) in [6.45, 7) is 4.60. The highest BCUT2D eigenvalue weighted by molar-refractivity contribution is 5.85. The molecule has 4 aromatic rings. The second-order valence-electron chi connectivity index (χ2n) is 7.19. The van der Waals surface area contributed by atoms with Gasteiger partial charge in [0.05, 0.1) is 0 Å². The van der Waals surface area contributed by atoms with Crippen LogP contribution in [-0.4, -0.2) is 27.4 Å². The summed E-state index contributed by atoms with van der Waals surface area (Å²) in [5.74, 6) is 1.11. The van der Waals surface area contributed by atoms with E-state index in [1.165, 1.54) is 10.9 Å². The number of nitrogens with zero attached hydrogens (tertiary/aromatic N) is 3.